The average molecular weight is 286 g/mol. The summed E-state index contributed by atoms with van der Waals surface area (Å²) >= 11 is 0. The van der Waals surface area contributed by atoms with E-state index in [0.29, 0.717) is 0 Å². The van der Waals surface area contributed by atoms with Crippen LogP contribution in [0.2, 0.25) is 6.04 Å². The van der Waals surface area contributed by atoms with E-state index in [4.69, 9.17) is 0 Å². The molecular weight excluding hydrogens is 250 g/mol. The number of rotatable bonds is 5. The maximum Gasteiger partial charge on any atom is 0.286 e. The number of hydrogen-bond donors (Lipinski definition) is 3. The molecule has 4 heteroatoms. The van der Waals surface area contributed by atoms with Crippen LogP contribution < -0.4 is 14.9 Å². The molecule has 0 radical (unpaired) electrons. The van der Waals surface area contributed by atoms with Crippen LogP contribution in [-0.4, -0.2) is 25.2 Å². The highest BCUT2D eigenvalue weighted by atomic mass is 28.4. The molecular formula is C15H35N3Si. The second-order valence-electron chi connectivity index (χ2n) is 8.52. The lowest BCUT2D eigenvalue weighted by Crippen LogP contribution is -2.80. The minimum atomic E-state index is -2.07. The van der Waals surface area contributed by atoms with E-state index in [-0.39, 0.29) is 16.6 Å². The van der Waals surface area contributed by atoms with Crippen LogP contribution in [0.5, 0.6) is 0 Å². The van der Waals surface area contributed by atoms with Crippen LogP contribution in [0.1, 0.15) is 62.3 Å². The summed E-state index contributed by atoms with van der Waals surface area (Å²) in [6.07, 6.45) is 2.02. The Morgan fingerprint density at radius 1 is 0.737 bits per heavy atom. The van der Waals surface area contributed by atoms with Crippen molar-refractivity contribution in [3.63, 3.8) is 0 Å². The molecule has 0 atom stereocenters. The van der Waals surface area contributed by atoms with Gasteiger partial charge in [0.2, 0.25) is 0 Å². The van der Waals surface area contributed by atoms with Crippen molar-refractivity contribution in [3.8, 4) is 0 Å². The number of nitrogens with one attached hydrogen (secondary N) is 3. The Bertz CT molecular complexity index is 251. The van der Waals surface area contributed by atoms with E-state index in [1.165, 1.54) is 0 Å². The lowest BCUT2D eigenvalue weighted by Gasteiger charge is -2.46. The maximum absolute atomic E-state index is 3.95. The molecule has 19 heavy (non-hydrogen) atoms. The molecule has 3 N–H and O–H groups in total. The number of allylic oxidation sites excluding steroid dienone is 1. The predicted octanol–water partition coefficient (Wildman–Crippen LogP) is 3.28. The third kappa shape index (κ3) is 9.38. The van der Waals surface area contributed by atoms with Gasteiger partial charge in [0.15, 0.2) is 0 Å². The molecule has 0 bridgehead atoms. The molecule has 0 fully saturated rings. The smallest absolute Gasteiger partial charge is 0.286 e. The predicted molar refractivity (Wildman–Crippen MR) is 89.4 cm³/mol. The Morgan fingerprint density at radius 2 is 1.00 bits per heavy atom. The quantitative estimate of drug-likeness (QED) is 0.536. The average Bonchev–Trinajstić information content (AvgIpc) is 1.90. The fourth-order valence-electron chi connectivity index (χ4n) is 2.38. The molecule has 0 aromatic heterocycles. The first-order valence-corrected chi connectivity index (χ1v) is 9.38. The van der Waals surface area contributed by atoms with E-state index in [2.05, 4.69) is 83.8 Å². The Kier molecular flexibility index (Phi) is 6.03. The molecule has 0 aromatic carbocycles. The van der Waals surface area contributed by atoms with Gasteiger partial charge in [0, 0.05) is 22.7 Å². The van der Waals surface area contributed by atoms with Gasteiger partial charge in [-0.15, -0.1) is 6.58 Å². The Morgan fingerprint density at radius 3 is 1.16 bits per heavy atom. The van der Waals surface area contributed by atoms with Gasteiger partial charge in [0.05, 0.1) is 0 Å². The fraction of sp³-hybridized carbons (Fsp3) is 0.867. The molecule has 0 spiro atoms. The first kappa shape index (κ1) is 18.8. The van der Waals surface area contributed by atoms with Crippen LogP contribution >= 0.6 is 0 Å². The highest BCUT2D eigenvalue weighted by Gasteiger charge is 2.41. The third-order valence-corrected chi connectivity index (χ3v) is 6.65. The summed E-state index contributed by atoms with van der Waals surface area (Å²) in [6, 6.07) is 0.943. The van der Waals surface area contributed by atoms with Gasteiger partial charge >= 0.3 is 0 Å². The van der Waals surface area contributed by atoms with Gasteiger partial charge in [0.25, 0.3) is 8.56 Å². The van der Waals surface area contributed by atoms with Crippen LogP contribution in [0.25, 0.3) is 0 Å². The molecule has 0 saturated heterocycles. The Balaban J connectivity index is 5.40. The molecule has 114 valence electrons. The zero-order valence-corrected chi connectivity index (χ0v) is 15.5. The van der Waals surface area contributed by atoms with E-state index in [1.54, 1.807) is 0 Å². The van der Waals surface area contributed by atoms with Gasteiger partial charge < -0.3 is 14.9 Å². The normalized spacial score (nSPS) is 14.6. The molecule has 0 amide bonds. The lowest BCUT2D eigenvalue weighted by molar-refractivity contribution is 0.417. The molecule has 0 aliphatic rings. The zero-order chi connectivity index (χ0) is 15.5. The van der Waals surface area contributed by atoms with Crippen LogP contribution in [0.4, 0.5) is 0 Å². The van der Waals surface area contributed by atoms with Crippen LogP contribution in [-0.2, 0) is 0 Å². The van der Waals surface area contributed by atoms with E-state index in [1.807, 2.05) is 6.08 Å². The van der Waals surface area contributed by atoms with Crippen molar-refractivity contribution in [2.75, 3.05) is 0 Å². The van der Waals surface area contributed by atoms with E-state index < -0.39 is 8.56 Å². The van der Waals surface area contributed by atoms with E-state index >= 15 is 0 Å². The third-order valence-electron chi connectivity index (χ3n) is 2.22. The van der Waals surface area contributed by atoms with Gasteiger partial charge in [0.1, 0.15) is 0 Å². The van der Waals surface area contributed by atoms with Crippen molar-refractivity contribution in [1.82, 2.24) is 14.9 Å². The van der Waals surface area contributed by atoms with Gasteiger partial charge in [-0.2, -0.15) is 0 Å². The topological polar surface area (TPSA) is 36.1 Å². The highest BCUT2D eigenvalue weighted by Crippen LogP contribution is 2.16. The zero-order valence-electron chi connectivity index (χ0n) is 14.5. The van der Waals surface area contributed by atoms with Gasteiger partial charge in [-0.25, -0.2) is 0 Å². The molecule has 0 aliphatic heterocycles. The molecule has 0 unspecified atom stereocenters. The summed E-state index contributed by atoms with van der Waals surface area (Å²) in [6.45, 7) is 23.9. The van der Waals surface area contributed by atoms with Crippen molar-refractivity contribution in [1.29, 1.82) is 0 Å². The van der Waals surface area contributed by atoms with Crippen molar-refractivity contribution in [3.05, 3.63) is 12.7 Å². The van der Waals surface area contributed by atoms with Gasteiger partial charge in [-0.3, -0.25) is 0 Å². The summed E-state index contributed by atoms with van der Waals surface area (Å²) in [5, 5.41) is 0. The largest absolute Gasteiger partial charge is 0.308 e. The molecule has 0 heterocycles. The molecule has 0 aliphatic carbocycles. The first-order valence-electron chi connectivity index (χ1n) is 7.17. The second-order valence-corrected chi connectivity index (χ2v) is 11.5. The van der Waals surface area contributed by atoms with Gasteiger partial charge in [-0.1, -0.05) is 6.08 Å². The van der Waals surface area contributed by atoms with Crippen molar-refractivity contribution < 1.29 is 0 Å². The molecule has 0 aromatic rings. The summed E-state index contributed by atoms with van der Waals surface area (Å²) < 4.78 is 0. The highest BCUT2D eigenvalue weighted by molar-refractivity contribution is 6.73. The van der Waals surface area contributed by atoms with E-state index in [9.17, 15) is 0 Å². The first-order chi connectivity index (χ1) is 8.18. The van der Waals surface area contributed by atoms with E-state index in [0.717, 1.165) is 6.04 Å². The summed E-state index contributed by atoms with van der Waals surface area (Å²) in [4.78, 5) is 11.5. The van der Waals surface area contributed by atoms with Crippen LogP contribution in [0, 0.1) is 0 Å². The van der Waals surface area contributed by atoms with Crippen molar-refractivity contribution in [2.24, 2.45) is 0 Å². The summed E-state index contributed by atoms with van der Waals surface area (Å²) in [7, 11) is -2.07. The SMILES string of the molecule is C=CC[Si](NC(C)(C)C)(NC(C)(C)C)NC(C)(C)C. The van der Waals surface area contributed by atoms with Crippen molar-refractivity contribution in [2.45, 2.75) is 85.0 Å². The van der Waals surface area contributed by atoms with Crippen LogP contribution in [0.15, 0.2) is 12.7 Å². The van der Waals surface area contributed by atoms with Crippen molar-refractivity contribution >= 4 is 8.56 Å². The second kappa shape index (κ2) is 6.08. The molecule has 0 saturated carbocycles. The fourth-order valence-corrected chi connectivity index (χ4v) is 7.15. The molecule has 0 rings (SSSR count). The maximum atomic E-state index is 3.95. The minimum absolute atomic E-state index is 0.0612. The summed E-state index contributed by atoms with van der Waals surface area (Å²) in [5.74, 6) is 0. The van der Waals surface area contributed by atoms with Gasteiger partial charge in [-0.05, 0) is 62.3 Å². The monoisotopic (exact) mass is 285 g/mol. The van der Waals surface area contributed by atoms with Crippen LogP contribution in [0.3, 0.4) is 0 Å². The summed E-state index contributed by atoms with van der Waals surface area (Å²) in [5.41, 5.74) is 0.184. The standard InChI is InChI=1S/C15H35N3Si/c1-11-12-19(16-13(2,3)4,17-14(5,6)7)18-15(8,9)10/h11,16-18H,1,12H2,2-10H3. The lowest BCUT2D eigenvalue weighted by atomic mass is 10.1. The molecule has 3 nitrogen and oxygen atoms in total. The minimum Gasteiger partial charge on any atom is -0.308 e. The Labute approximate surface area is 121 Å². The number of hydrogen-bond acceptors (Lipinski definition) is 3. The Hall–Kier alpha value is -0.163.